The van der Waals surface area contributed by atoms with Gasteiger partial charge in [0.15, 0.2) is 0 Å². The quantitative estimate of drug-likeness (QED) is 0.736. The summed E-state index contributed by atoms with van der Waals surface area (Å²) in [5.74, 6) is 0. The predicted molar refractivity (Wildman–Crippen MR) is 70.4 cm³/mol. The zero-order valence-corrected chi connectivity index (χ0v) is 10.6. The molecule has 1 atom stereocenters. The molecule has 0 amide bonds. The molecule has 0 spiro atoms. The van der Waals surface area contributed by atoms with Crippen LogP contribution in [0.15, 0.2) is 34.9 Å². The number of hydrogen-bond acceptors (Lipinski definition) is 4. The SMILES string of the molecule is COCC(O)CCNCc1coc2ccccc12. The van der Waals surface area contributed by atoms with Crippen molar-refractivity contribution >= 4 is 11.0 Å². The molecule has 18 heavy (non-hydrogen) atoms. The van der Waals surface area contributed by atoms with Gasteiger partial charge in [0.2, 0.25) is 0 Å². The highest BCUT2D eigenvalue weighted by Gasteiger charge is 2.05. The number of methoxy groups -OCH3 is 1. The number of furan rings is 1. The lowest BCUT2D eigenvalue weighted by atomic mass is 10.2. The monoisotopic (exact) mass is 249 g/mol. The van der Waals surface area contributed by atoms with E-state index in [0.717, 1.165) is 29.6 Å². The molecule has 4 nitrogen and oxygen atoms in total. The van der Waals surface area contributed by atoms with Crippen molar-refractivity contribution in [2.24, 2.45) is 0 Å². The molecular weight excluding hydrogens is 230 g/mol. The fraction of sp³-hybridized carbons (Fsp3) is 0.429. The second-order valence-electron chi connectivity index (χ2n) is 4.33. The van der Waals surface area contributed by atoms with E-state index in [1.165, 1.54) is 0 Å². The largest absolute Gasteiger partial charge is 0.464 e. The Morgan fingerprint density at radius 2 is 2.22 bits per heavy atom. The van der Waals surface area contributed by atoms with E-state index in [4.69, 9.17) is 9.15 Å². The van der Waals surface area contributed by atoms with Gasteiger partial charge in [0.25, 0.3) is 0 Å². The molecule has 2 rings (SSSR count). The molecule has 0 aliphatic carbocycles. The molecule has 0 bridgehead atoms. The molecule has 1 aromatic heterocycles. The van der Waals surface area contributed by atoms with Gasteiger partial charge in [-0.2, -0.15) is 0 Å². The lowest BCUT2D eigenvalue weighted by Crippen LogP contribution is -2.22. The average molecular weight is 249 g/mol. The third-order valence-corrected chi connectivity index (χ3v) is 2.89. The third-order valence-electron chi connectivity index (χ3n) is 2.89. The molecule has 0 saturated carbocycles. The first kappa shape index (κ1) is 13.1. The number of rotatable bonds is 7. The smallest absolute Gasteiger partial charge is 0.134 e. The van der Waals surface area contributed by atoms with E-state index in [9.17, 15) is 5.11 Å². The van der Waals surface area contributed by atoms with Gasteiger partial charge in [-0.1, -0.05) is 18.2 Å². The summed E-state index contributed by atoms with van der Waals surface area (Å²) in [4.78, 5) is 0. The minimum Gasteiger partial charge on any atom is -0.464 e. The first-order valence-electron chi connectivity index (χ1n) is 6.14. The van der Waals surface area contributed by atoms with Gasteiger partial charge in [-0.05, 0) is 19.0 Å². The van der Waals surface area contributed by atoms with Crippen LogP contribution in [0, 0.1) is 0 Å². The lowest BCUT2D eigenvalue weighted by molar-refractivity contribution is 0.0594. The molecule has 1 aromatic carbocycles. The Labute approximate surface area is 107 Å². The van der Waals surface area contributed by atoms with Gasteiger partial charge < -0.3 is 19.6 Å². The maximum absolute atomic E-state index is 9.49. The van der Waals surface area contributed by atoms with E-state index < -0.39 is 6.10 Å². The summed E-state index contributed by atoms with van der Waals surface area (Å²) in [6.45, 7) is 1.89. The summed E-state index contributed by atoms with van der Waals surface area (Å²) in [6, 6.07) is 7.98. The maximum Gasteiger partial charge on any atom is 0.134 e. The van der Waals surface area contributed by atoms with E-state index in [-0.39, 0.29) is 0 Å². The summed E-state index contributed by atoms with van der Waals surface area (Å²) < 4.78 is 10.3. The van der Waals surface area contributed by atoms with Crippen molar-refractivity contribution in [1.82, 2.24) is 5.32 Å². The van der Waals surface area contributed by atoms with Crippen molar-refractivity contribution in [1.29, 1.82) is 0 Å². The van der Waals surface area contributed by atoms with E-state index >= 15 is 0 Å². The van der Waals surface area contributed by atoms with E-state index in [1.807, 2.05) is 18.2 Å². The van der Waals surface area contributed by atoms with Crippen molar-refractivity contribution in [2.45, 2.75) is 19.1 Å². The molecule has 2 N–H and O–H groups in total. The van der Waals surface area contributed by atoms with Gasteiger partial charge >= 0.3 is 0 Å². The Morgan fingerprint density at radius 3 is 3.06 bits per heavy atom. The molecule has 1 unspecified atom stereocenters. The van der Waals surface area contributed by atoms with Crippen LogP contribution in [0.4, 0.5) is 0 Å². The number of fused-ring (bicyclic) bond motifs is 1. The van der Waals surface area contributed by atoms with Gasteiger partial charge in [0.05, 0.1) is 19.0 Å². The summed E-state index contributed by atoms with van der Waals surface area (Å²) in [5, 5.41) is 13.9. The average Bonchev–Trinajstić information content (AvgIpc) is 2.78. The Kier molecular flexibility index (Phi) is 4.75. The van der Waals surface area contributed by atoms with Crippen LogP contribution in [0.2, 0.25) is 0 Å². The number of ether oxygens (including phenoxy) is 1. The van der Waals surface area contributed by atoms with Gasteiger partial charge in [-0.15, -0.1) is 0 Å². The van der Waals surface area contributed by atoms with E-state index in [1.54, 1.807) is 13.4 Å². The molecule has 0 radical (unpaired) electrons. The van der Waals surface area contributed by atoms with Crippen molar-refractivity contribution in [3.05, 3.63) is 36.1 Å². The van der Waals surface area contributed by atoms with E-state index in [2.05, 4.69) is 11.4 Å². The third kappa shape index (κ3) is 3.32. The number of hydrogen-bond donors (Lipinski definition) is 2. The maximum atomic E-state index is 9.49. The number of benzene rings is 1. The van der Waals surface area contributed by atoms with Crippen LogP contribution in [0.3, 0.4) is 0 Å². The first-order chi connectivity index (χ1) is 8.81. The van der Waals surface area contributed by atoms with Gasteiger partial charge in [0, 0.05) is 24.6 Å². The standard InChI is InChI=1S/C14H19NO3/c1-17-10-12(16)6-7-15-8-11-9-18-14-5-3-2-4-13(11)14/h2-5,9,12,15-16H,6-8,10H2,1H3. The normalized spacial score (nSPS) is 13.0. The predicted octanol–water partition coefficient (Wildman–Crippen LogP) is 1.92. The number of aliphatic hydroxyl groups is 1. The van der Waals surface area contributed by atoms with Crippen molar-refractivity contribution < 1.29 is 14.3 Å². The Morgan fingerprint density at radius 1 is 1.39 bits per heavy atom. The molecule has 4 heteroatoms. The zero-order valence-electron chi connectivity index (χ0n) is 10.6. The highest BCUT2D eigenvalue weighted by molar-refractivity contribution is 5.80. The van der Waals surface area contributed by atoms with Crippen LogP contribution in [0.25, 0.3) is 11.0 Å². The van der Waals surface area contributed by atoms with Crippen LogP contribution >= 0.6 is 0 Å². The van der Waals surface area contributed by atoms with Gasteiger partial charge in [-0.25, -0.2) is 0 Å². The Balaban J connectivity index is 1.80. The molecule has 0 saturated heterocycles. The van der Waals surface area contributed by atoms with E-state index in [0.29, 0.717) is 13.0 Å². The summed E-state index contributed by atoms with van der Waals surface area (Å²) in [7, 11) is 1.59. The minimum absolute atomic E-state index is 0.385. The van der Waals surface area contributed by atoms with Crippen molar-refractivity contribution in [3.8, 4) is 0 Å². The number of nitrogens with one attached hydrogen (secondary N) is 1. The summed E-state index contributed by atoms with van der Waals surface area (Å²) in [6.07, 6.45) is 2.07. The summed E-state index contributed by atoms with van der Waals surface area (Å²) >= 11 is 0. The zero-order chi connectivity index (χ0) is 12.8. The highest BCUT2D eigenvalue weighted by atomic mass is 16.5. The van der Waals surface area contributed by atoms with Crippen LogP contribution in [0.5, 0.6) is 0 Å². The fourth-order valence-corrected chi connectivity index (χ4v) is 1.94. The Bertz CT molecular complexity index is 481. The Hall–Kier alpha value is -1.36. The molecule has 1 heterocycles. The first-order valence-corrected chi connectivity index (χ1v) is 6.14. The van der Waals surface area contributed by atoms with Crippen molar-refractivity contribution in [2.75, 3.05) is 20.3 Å². The molecule has 0 aliphatic heterocycles. The lowest BCUT2D eigenvalue weighted by Gasteiger charge is -2.09. The van der Waals surface area contributed by atoms with Gasteiger partial charge in [0.1, 0.15) is 5.58 Å². The molecule has 98 valence electrons. The molecular formula is C14H19NO3. The molecule has 2 aromatic rings. The summed E-state index contributed by atoms with van der Waals surface area (Å²) in [5.41, 5.74) is 2.06. The van der Waals surface area contributed by atoms with Crippen LogP contribution < -0.4 is 5.32 Å². The fourth-order valence-electron chi connectivity index (χ4n) is 1.94. The number of aliphatic hydroxyl groups excluding tert-OH is 1. The second-order valence-corrected chi connectivity index (χ2v) is 4.33. The minimum atomic E-state index is -0.399. The van der Waals surface area contributed by atoms with Gasteiger partial charge in [-0.3, -0.25) is 0 Å². The molecule has 0 aliphatic rings. The van der Waals surface area contributed by atoms with Crippen LogP contribution in [0.1, 0.15) is 12.0 Å². The van der Waals surface area contributed by atoms with Crippen molar-refractivity contribution in [3.63, 3.8) is 0 Å². The van der Waals surface area contributed by atoms with Crippen LogP contribution in [-0.4, -0.2) is 31.5 Å². The second kappa shape index (κ2) is 6.54. The highest BCUT2D eigenvalue weighted by Crippen LogP contribution is 2.20. The molecule has 0 fully saturated rings. The topological polar surface area (TPSA) is 54.6 Å². The number of para-hydroxylation sites is 1. The van der Waals surface area contributed by atoms with Crippen LogP contribution in [-0.2, 0) is 11.3 Å².